The number of carbonyl (C=O) groups is 2. The highest BCUT2D eigenvalue weighted by molar-refractivity contribution is 5.84. The van der Waals surface area contributed by atoms with Gasteiger partial charge in [-0.1, -0.05) is 12.1 Å². The number of carboxylic acids is 1. The van der Waals surface area contributed by atoms with Gasteiger partial charge in [-0.2, -0.15) is 0 Å². The Kier molecular flexibility index (Phi) is 4.21. The topological polar surface area (TPSA) is 100 Å². The van der Waals surface area contributed by atoms with Gasteiger partial charge < -0.3 is 15.3 Å². The maximum absolute atomic E-state index is 12.0. The summed E-state index contributed by atoms with van der Waals surface area (Å²) in [4.78, 5) is 24.5. The first-order valence-electron chi connectivity index (χ1n) is 6.65. The highest BCUT2D eigenvalue weighted by atomic mass is 16.4. The van der Waals surface area contributed by atoms with Crippen molar-refractivity contribution in [1.82, 2.24) is 25.2 Å². The lowest BCUT2D eigenvalue weighted by Gasteiger charge is -2.21. The molecular formula is C12H19N5O3. The molecule has 8 nitrogen and oxygen atoms in total. The molecule has 2 amide bonds. The van der Waals surface area contributed by atoms with Gasteiger partial charge in [0.1, 0.15) is 0 Å². The molecule has 1 aromatic rings. The first-order valence-corrected chi connectivity index (χ1v) is 6.65. The molecule has 0 aliphatic carbocycles. The van der Waals surface area contributed by atoms with Gasteiger partial charge >= 0.3 is 12.0 Å². The number of hydrogen-bond donors (Lipinski definition) is 2. The van der Waals surface area contributed by atoms with Gasteiger partial charge in [0.25, 0.3) is 0 Å². The summed E-state index contributed by atoms with van der Waals surface area (Å²) >= 11 is 0. The smallest absolute Gasteiger partial charge is 0.358 e. The standard InChI is InChI=1S/C12H19N5O3/c1-8-5-9(2)17(6-8)12(20)13-3-4-16-7-10(11(18)19)14-15-16/h7-9H,3-6H2,1-2H3,(H,13,20)(H,18,19). The van der Waals surface area contributed by atoms with E-state index in [0.29, 0.717) is 19.0 Å². The normalized spacial score (nSPS) is 22.0. The van der Waals surface area contributed by atoms with E-state index in [1.165, 1.54) is 10.9 Å². The Labute approximate surface area is 116 Å². The van der Waals surface area contributed by atoms with Gasteiger partial charge in [0, 0.05) is 19.1 Å². The zero-order valence-electron chi connectivity index (χ0n) is 11.6. The molecule has 2 atom stereocenters. The summed E-state index contributed by atoms with van der Waals surface area (Å²) in [5, 5.41) is 18.7. The SMILES string of the molecule is CC1CC(C)N(C(=O)NCCn2cc(C(=O)O)nn2)C1. The average molecular weight is 281 g/mol. The monoisotopic (exact) mass is 281 g/mol. The average Bonchev–Trinajstić information content (AvgIpc) is 2.96. The van der Waals surface area contributed by atoms with Crippen LogP contribution in [-0.2, 0) is 6.54 Å². The summed E-state index contributed by atoms with van der Waals surface area (Å²) in [6, 6.07) is 0.176. The fourth-order valence-corrected chi connectivity index (χ4v) is 2.47. The van der Waals surface area contributed by atoms with Crippen LogP contribution in [0.15, 0.2) is 6.20 Å². The minimum absolute atomic E-state index is 0.0829. The summed E-state index contributed by atoms with van der Waals surface area (Å²) in [5.74, 6) is -0.579. The van der Waals surface area contributed by atoms with Crippen molar-refractivity contribution in [3.05, 3.63) is 11.9 Å². The Balaban J connectivity index is 1.77. The van der Waals surface area contributed by atoms with E-state index in [0.717, 1.165) is 13.0 Å². The number of carbonyl (C=O) groups excluding carboxylic acids is 1. The number of nitrogens with one attached hydrogen (secondary N) is 1. The largest absolute Gasteiger partial charge is 0.476 e. The summed E-state index contributed by atoms with van der Waals surface area (Å²) in [6.45, 7) is 5.73. The lowest BCUT2D eigenvalue weighted by atomic mass is 10.1. The predicted molar refractivity (Wildman–Crippen MR) is 70.3 cm³/mol. The molecule has 20 heavy (non-hydrogen) atoms. The van der Waals surface area contributed by atoms with Crippen LogP contribution in [0.3, 0.4) is 0 Å². The third-order valence-electron chi connectivity index (χ3n) is 3.42. The highest BCUT2D eigenvalue weighted by Gasteiger charge is 2.29. The van der Waals surface area contributed by atoms with Crippen molar-refractivity contribution >= 4 is 12.0 Å². The van der Waals surface area contributed by atoms with Gasteiger partial charge in [0.05, 0.1) is 12.7 Å². The molecule has 8 heteroatoms. The van der Waals surface area contributed by atoms with Crippen LogP contribution in [-0.4, -0.2) is 56.1 Å². The quantitative estimate of drug-likeness (QED) is 0.833. The number of amides is 2. The van der Waals surface area contributed by atoms with Crippen LogP contribution < -0.4 is 5.32 Å². The lowest BCUT2D eigenvalue weighted by Crippen LogP contribution is -2.43. The number of aromatic carboxylic acids is 1. The summed E-state index contributed by atoms with van der Waals surface area (Å²) in [7, 11) is 0. The molecule has 2 N–H and O–H groups in total. The van der Waals surface area contributed by atoms with Crippen molar-refractivity contribution in [1.29, 1.82) is 0 Å². The van der Waals surface area contributed by atoms with Crippen LogP contribution in [0.2, 0.25) is 0 Å². The maximum Gasteiger partial charge on any atom is 0.358 e. The second-order valence-corrected chi connectivity index (χ2v) is 5.25. The molecule has 1 aromatic heterocycles. The number of hydrogen-bond acceptors (Lipinski definition) is 4. The third-order valence-corrected chi connectivity index (χ3v) is 3.42. The molecule has 0 saturated carbocycles. The second kappa shape index (κ2) is 5.89. The molecule has 110 valence electrons. The molecule has 0 spiro atoms. The molecular weight excluding hydrogens is 262 g/mol. The van der Waals surface area contributed by atoms with Gasteiger partial charge in [-0.15, -0.1) is 5.10 Å². The Bertz CT molecular complexity index is 501. The number of urea groups is 1. The number of nitrogens with zero attached hydrogens (tertiary/aromatic N) is 4. The molecule has 0 bridgehead atoms. The fourth-order valence-electron chi connectivity index (χ4n) is 2.47. The van der Waals surface area contributed by atoms with E-state index < -0.39 is 5.97 Å². The Hall–Kier alpha value is -2.12. The van der Waals surface area contributed by atoms with E-state index in [9.17, 15) is 9.59 Å². The van der Waals surface area contributed by atoms with Gasteiger partial charge in [-0.3, -0.25) is 0 Å². The molecule has 2 heterocycles. The van der Waals surface area contributed by atoms with Crippen molar-refractivity contribution in [2.45, 2.75) is 32.9 Å². The number of likely N-dealkylation sites (tertiary alicyclic amines) is 1. The summed E-state index contributed by atoms with van der Waals surface area (Å²) in [5.41, 5.74) is -0.0988. The number of aromatic nitrogens is 3. The molecule has 1 aliphatic rings. The first-order chi connectivity index (χ1) is 9.47. The molecule has 0 aromatic carbocycles. The van der Waals surface area contributed by atoms with Crippen LogP contribution in [0.1, 0.15) is 30.8 Å². The minimum Gasteiger partial charge on any atom is -0.476 e. The molecule has 1 aliphatic heterocycles. The number of carboxylic acid groups (broad SMARTS) is 1. The van der Waals surface area contributed by atoms with Crippen molar-refractivity contribution in [3.63, 3.8) is 0 Å². The van der Waals surface area contributed by atoms with Gasteiger partial charge in [0.15, 0.2) is 5.69 Å². The van der Waals surface area contributed by atoms with Crippen LogP contribution >= 0.6 is 0 Å². The van der Waals surface area contributed by atoms with E-state index in [4.69, 9.17) is 5.11 Å². The summed E-state index contributed by atoms with van der Waals surface area (Å²) in [6.07, 6.45) is 2.37. The van der Waals surface area contributed by atoms with Gasteiger partial charge in [0.2, 0.25) is 0 Å². The van der Waals surface area contributed by atoms with Crippen molar-refractivity contribution in [2.24, 2.45) is 5.92 Å². The van der Waals surface area contributed by atoms with E-state index in [-0.39, 0.29) is 17.8 Å². The van der Waals surface area contributed by atoms with Crippen LogP contribution in [0, 0.1) is 5.92 Å². The highest BCUT2D eigenvalue weighted by Crippen LogP contribution is 2.21. The number of rotatable bonds is 4. The lowest BCUT2D eigenvalue weighted by molar-refractivity contribution is 0.0690. The van der Waals surface area contributed by atoms with Crippen molar-refractivity contribution < 1.29 is 14.7 Å². The van der Waals surface area contributed by atoms with Crippen molar-refractivity contribution in [3.8, 4) is 0 Å². The molecule has 2 rings (SSSR count). The molecule has 1 fully saturated rings. The Morgan fingerprint density at radius 1 is 1.50 bits per heavy atom. The minimum atomic E-state index is -1.11. The summed E-state index contributed by atoms with van der Waals surface area (Å²) < 4.78 is 1.40. The third kappa shape index (κ3) is 3.25. The maximum atomic E-state index is 12.0. The predicted octanol–water partition coefficient (Wildman–Crippen LogP) is 0.416. The van der Waals surface area contributed by atoms with Gasteiger partial charge in [-0.05, 0) is 19.3 Å². The zero-order chi connectivity index (χ0) is 14.7. The second-order valence-electron chi connectivity index (χ2n) is 5.25. The molecule has 1 saturated heterocycles. The van der Waals surface area contributed by atoms with E-state index in [1.54, 1.807) is 0 Å². The van der Waals surface area contributed by atoms with Crippen LogP contribution in [0.25, 0.3) is 0 Å². The van der Waals surface area contributed by atoms with Gasteiger partial charge in [-0.25, -0.2) is 14.3 Å². The Morgan fingerprint density at radius 3 is 2.80 bits per heavy atom. The zero-order valence-corrected chi connectivity index (χ0v) is 11.6. The molecule has 0 radical (unpaired) electrons. The van der Waals surface area contributed by atoms with E-state index in [1.807, 2.05) is 11.8 Å². The van der Waals surface area contributed by atoms with E-state index in [2.05, 4.69) is 22.6 Å². The fraction of sp³-hybridized carbons (Fsp3) is 0.667. The Morgan fingerprint density at radius 2 is 2.25 bits per heavy atom. The van der Waals surface area contributed by atoms with Crippen molar-refractivity contribution in [2.75, 3.05) is 13.1 Å². The van der Waals surface area contributed by atoms with Crippen LogP contribution in [0.5, 0.6) is 0 Å². The van der Waals surface area contributed by atoms with Crippen LogP contribution in [0.4, 0.5) is 4.79 Å². The first kappa shape index (κ1) is 14.3. The molecule has 2 unspecified atom stereocenters. The van der Waals surface area contributed by atoms with E-state index >= 15 is 0 Å².